The van der Waals surface area contributed by atoms with Gasteiger partial charge in [-0.2, -0.15) is 0 Å². The minimum atomic E-state index is -0.290. The lowest BCUT2D eigenvalue weighted by atomic mass is 10.2. The van der Waals surface area contributed by atoms with E-state index in [2.05, 4.69) is 15.5 Å². The zero-order chi connectivity index (χ0) is 20.1. The molecule has 0 fully saturated rings. The molecule has 10 heteroatoms. The first-order valence-corrected chi connectivity index (χ1v) is 9.68. The highest BCUT2D eigenvalue weighted by molar-refractivity contribution is 7.99. The Kier molecular flexibility index (Phi) is 6.66. The molecule has 0 aliphatic carbocycles. The van der Waals surface area contributed by atoms with Crippen LogP contribution in [0.15, 0.2) is 46.0 Å². The molecule has 28 heavy (non-hydrogen) atoms. The number of ether oxygens (including phenoxy) is 2. The van der Waals surface area contributed by atoms with Crippen molar-refractivity contribution in [2.45, 2.75) is 5.22 Å². The van der Waals surface area contributed by atoms with E-state index >= 15 is 0 Å². The number of hydrogen-bond acceptors (Lipinski definition) is 7. The number of nitrogens with zero attached hydrogens (tertiary/aromatic N) is 2. The molecule has 0 unspecified atom stereocenters. The molecule has 1 heterocycles. The van der Waals surface area contributed by atoms with Crippen molar-refractivity contribution in [2.24, 2.45) is 0 Å². The normalized spacial score (nSPS) is 10.6. The number of benzene rings is 2. The van der Waals surface area contributed by atoms with E-state index in [-0.39, 0.29) is 22.8 Å². The van der Waals surface area contributed by atoms with Gasteiger partial charge in [-0.15, -0.1) is 10.2 Å². The van der Waals surface area contributed by atoms with Gasteiger partial charge in [-0.1, -0.05) is 47.1 Å². The van der Waals surface area contributed by atoms with Gasteiger partial charge in [0.15, 0.2) is 0 Å². The second-order valence-electron chi connectivity index (χ2n) is 5.38. The van der Waals surface area contributed by atoms with Crippen molar-refractivity contribution in [3.05, 3.63) is 46.4 Å². The van der Waals surface area contributed by atoms with E-state index in [1.165, 1.54) is 14.2 Å². The third kappa shape index (κ3) is 4.70. The maximum atomic E-state index is 12.3. The molecule has 0 saturated heterocycles. The third-order valence-electron chi connectivity index (χ3n) is 3.59. The van der Waals surface area contributed by atoms with Crippen LogP contribution in [0, 0.1) is 0 Å². The van der Waals surface area contributed by atoms with Crippen LogP contribution in [0.5, 0.6) is 11.5 Å². The van der Waals surface area contributed by atoms with Crippen molar-refractivity contribution in [3.8, 4) is 23.0 Å². The molecule has 3 aromatic rings. The summed E-state index contributed by atoms with van der Waals surface area (Å²) in [6, 6.07) is 10.3. The van der Waals surface area contributed by atoms with Crippen molar-refractivity contribution in [3.63, 3.8) is 0 Å². The number of nitrogens with one attached hydrogen (secondary N) is 1. The van der Waals surface area contributed by atoms with Gasteiger partial charge < -0.3 is 19.2 Å². The van der Waals surface area contributed by atoms with Crippen LogP contribution in [0.3, 0.4) is 0 Å². The number of carbonyl (C=O) groups excluding carboxylic acids is 1. The predicted molar refractivity (Wildman–Crippen MR) is 109 cm³/mol. The van der Waals surface area contributed by atoms with Gasteiger partial charge in [-0.25, -0.2) is 0 Å². The molecule has 2 aromatic carbocycles. The van der Waals surface area contributed by atoms with E-state index < -0.39 is 0 Å². The van der Waals surface area contributed by atoms with Crippen LogP contribution in [0.25, 0.3) is 11.5 Å². The molecule has 0 aliphatic rings. The first kappa shape index (κ1) is 20.3. The molecule has 0 atom stereocenters. The molecule has 146 valence electrons. The fourth-order valence-corrected chi connectivity index (χ4v) is 3.30. The molecule has 0 radical (unpaired) electrons. The van der Waals surface area contributed by atoms with E-state index in [9.17, 15) is 4.79 Å². The molecule has 1 aromatic heterocycles. The van der Waals surface area contributed by atoms with Crippen LogP contribution in [0.4, 0.5) is 5.69 Å². The first-order valence-electron chi connectivity index (χ1n) is 7.94. The standard InChI is InChI=1S/C18H15Cl2N3O4S/c1-25-14-8-15(26-2)13(7-12(14)20)21-16(24)9-28-18-23-22-17(27-18)10-5-3-4-6-11(10)19/h3-8H,9H2,1-2H3,(H,21,24). The van der Waals surface area contributed by atoms with Gasteiger partial charge in [-0.05, 0) is 18.2 Å². The number of carbonyl (C=O) groups is 1. The Balaban J connectivity index is 1.64. The molecule has 7 nitrogen and oxygen atoms in total. The number of amides is 1. The molecule has 0 saturated carbocycles. The van der Waals surface area contributed by atoms with Gasteiger partial charge in [0.25, 0.3) is 5.22 Å². The van der Waals surface area contributed by atoms with Gasteiger partial charge in [0.1, 0.15) is 11.5 Å². The second kappa shape index (κ2) is 9.18. The Labute approximate surface area is 175 Å². The number of anilines is 1. The third-order valence-corrected chi connectivity index (χ3v) is 5.03. The van der Waals surface area contributed by atoms with Crippen LogP contribution in [0.2, 0.25) is 10.0 Å². The summed E-state index contributed by atoms with van der Waals surface area (Å²) in [4.78, 5) is 12.3. The molecule has 0 aliphatic heterocycles. The lowest BCUT2D eigenvalue weighted by molar-refractivity contribution is -0.113. The molecule has 0 bridgehead atoms. The van der Waals surface area contributed by atoms with E-state index in [0.717, 1.165) is 11.8 Å². The van der Waals surface area contributed by atoms with Crippen molar-refractivity contribution in [2.75, 3.05) is 25.3 Å². The van der Waals surface area contributed by atoms with E-state index in [0.29, 0.717) is 32.8 Å². The van der Waals surface area contributed by atoms with Crippen LogP contribution in [-0.2, 0) is 4.79 Å². The highest BCUT2D eigenvalue weighted by Crippen LogP contribution is 2.36. The highest BCUT2D eigenvalue weighted by Gasteiger charge is 2.15. The van der Waals surface area contributed by atoms with Crippen LogP contribution >= 0.6 is 35.0 Å². The maximum Gasteiger partial charge on any atom is 0.277 e. The Bertz CT molecular complexity index is 997. The van der Waals surface area contributed by atoms with Crippen LogP contribution in [-0.4, -0.2) is 36.1 Å². The molecule has 1 N–H and O–H groups in total. The van der Waals surface area contributed by atoms with Gasteiger partial charge in [0.05, 0.1) is 41.3 Å². The topological polar surface area (TPSA) is 86.5 Å². The maximum absolute atomic E-state index is 12.3. The second-order valence-corrected chi connectivity index (χ2v) is 7.12. The summed E-state index contributed by atoms with van der Waals surface area (Å²) in [5.41, 5.74) is 1.06. The fourth-order valence-electron chi connectivity index (χ4n) is 2.28. The monoisotopic (exact) mass is 439 g/mol. The SMILES string of the molecule is COc1cc(OC)c(NC(=O)CSc2nnc(-c3ccccc3Cl)o2)cc1Cl. The smallest absolute Gasteiger partial charge is 0.277 e. The minimum absolute atomic E-state index is 0.0525. The quantitative estimate of drug-likeness (QED) is 0.529. The highest BCUT2D eigenvalue weighted by atomic mass is 35.5. The van der Waals surface area contributed by atoms with Crippen molar-refractivity contribution in [1.29, 1.82) is 0 Å². The largest absolute Gasteiger partial charge is 0.495 e. The van der Waals surface area contributed by atoms with Crippen LogP contribution in [0.1, 0.15) is 0 Å². The Morgan fingerprint density at radius 1 is 1.11 bits per heavy atom. The first-order chi connectivity index (χ1) is 13.5. The lowest BCUT2D eigenvalue weighted by Crippen LogP contribution is -2.14. The summed E-state index contributed by atoms with van der Waals surface area (Å²) >= 11 is 13.3. The van der Waals surface area contributed by atoms with Crippen LogP contribution < -0.4 is 14.8 Å². The van der Waals surface area contributed by atoms with Gasteiger partial charge in [-0.3, -0.25) is 4.79 Å². The number of aromatic nitrogens is 2. The Morgan fingerprint density at radius 2 is 1.86 bits per heavy atom. The van der Waals surface area contributed by atoms with E-state index in [1.54, 1.807) is 24.3 Å². The Morgan fingerprint density at radius 3 is 2.57 bits per heavy atom. The molecule has 0 spiro atoms. The molecular formula is C18H15Cl2N3O4S. The molecular weight excluding hydrogens is 425 g/mol. The average Bonchev–Trinajstić information content (AvgIpc) is 3.16. The van der Waals surface area contributed by atoms with Crippen molar-refractivity contribution in [1.82, 2.24) is 10.2 Å². The molecule has 3 rings (SSSR count). The fraction of sp³-hybridized carbons (Fsp3) is 0.167. The lowest BCUT2D eigenvalue weighted by Gasteiger charge is -2.12. The zero-order valence-corrected chi connectivity index (χ0v) is 17.2. The molecule has 1 amide bonds. The van der Waals surface area contributed by atoms with Gasteiger partial charge in [0.2, 0.25) is 11.8 Å². The van der Waals surface area contributed by atoms with E-state index in [1.807, 2.05) is 12.1 Å². The average molecular weight is 440 g/mol. The van der Waals surface area contributed by atoms with Gasteiger partial charge >= 0.3 is 0 Å². The zero-order valence-electron chi connectivity index (χ0n) is 14.9. The number of halogens is 2. The summed E-state index contributed by atoms with van der Waals surface area (Å²) in [7, 11) is 2.98. The van der Waals surface area contributed by atoms with Gasteiger partial charge in [0, 0.05) is 6.07 Å². The number of methoxy groups -OCH3 is 2. The Hall–Kier alpha value is -2.42. The number of hydrogen-bond donors (Lipinski definition) is 1. The minimum Gasteiger partial charge on any atom is -0.495 e. The summed E-state index contributed by atoms with van der Waals surface area (Å²) in [5.74, 6) is 0.929. The van der Waals surface area contributed by atoms with E-state index in [4.69, 9.17) is 37.1 Å². The van der Waals surface area contributed by atoms with Crippen molar-refractivity contribution < 1.29 is 18.7 Å². The predicted octanol–water partition coefficient (Wildman–Crippen LogP) is 4.79. The summed E-state index contributed by atoms with van der Waals surface area (Å²) in [6.45, 7) is 0. The summed E-state index contributed by atoms with van der Waals surface area (Å²) in [6.07, 6.45) is 0. The summed E-state index contributed by atoms with van der Waals surface area (Å²) < 4.78 is 16.0. The number of thioether (sulfide) groups is 1. The summed E-state index contributed by atoms with van der Waals surface area (Å²) in [5, 5.41) is 11.7. The van der Waals surface area contributed by atoms with Crippen molar-refractivity contribution >= 4 is 46.6 Å². The number of rotatable bonds is 7.